The second kappa shape index (κ2) is 69.3. The third-order valence-electron chi connectivity index (χ3n) is 14.7. The van der Waals surface area contributed by atoms with Crippen LogP contribution in [0.3, 0.4) is 0 Å². The van der Waals surface area contributed by atoms with Crippen molar-refractivity contribution in [2.45, 2.75) is 329 Å². The molecule has 1 atom stereocenters. The molecule has 6 nitrogen and oxygen atoms in total. The van der Waals surface area contributed by atoms with Gasteiger partial charge in [0.25, 0.3) is 0 Å². The molecule has 0 aromatic carbocycles. The van der Waals surface area contributed by atoms with E-state index < -0.39 is 6.10 Å². The molecule has 6 heteroatoms. The molecule has 0 spiro atoms. The van der Waals surface area contributed by atoms with Crippen molar-refractivity contribution in [2.24, 2.45) is 0 Å². The number of hydrogen-bond acceptors (Lipinski definition) is 6. The topological polar surface area (TPSA) is 78.9 Å². The van der Waals surface area contributed by atoms with Crippen molar-refractivity contribution in [3.05, 3.63) is 122 Å². The highest BCUT2D eigenvalue weighted by Gasteiger charge is 2.19. The lowest BCUT2D eigenvalue weighted by Gasteiger charge is -2.18. The third-order valence-corrected chi connectivity index (χ3v) is 14.7. The monoisotopic (exact) mass is 1140 g/mol. The first-order chi connectivity index (χ1) is 40.5. The fourth-order valence-electron chi connectivity index (χ4n) is 9.64. The number of carbonyl (C=O) groups excluding carboxylic acids is 3. The molecule has 468 valence electrons. The van der Waals surface area contributed by atoms with Gasteiger partial charge in [-0.05, 0) is 96.3 Å². The summed E-state index contributed by atoms with van der Waals surface area (Å²) >= 11 is 0. The van der Waals surface area contributed by atoms with Crippen molar-refractivity contribution < 1.29 is 28.6 Å². The molecule has 0 aliphatic rings. The summed E-state index contributed by atoms with van der Waals surface area (Å²) in [6.07, 6.45) is 96.6. The van der Waals surface area contributed by atoms with Gasteiger partial charge in [-0.2, -0.15) is 0 Å². The number of ether oxygens (including phenoxy) is 3. The fourth-order valence-corrected chi connectivity index (χ4v) is 9.64. The average molecular weight is 1140 g/mol. The van der Waals surface area contributed by atoms with Crippen molar-refractivity contribution >= 4 is 17.9 Å². The lowest BCUT2D eigenvalue weighted by atomic mass is 10.0. The zero-order chi connectivity index (χ0) is 59.2. The lowest BCUT2D eigenvalue weighted by molar-refractivity contribution is -0.166. The van der Waals surface area contributed by atoms with E-state index in [1.54, 1.807) is 0 Å². The number of allylic oxidation sites excluding steroid dienone is 20. The molecule has 0 saturated carbocycles. The van der Waals surface area contributed by atoms with Crippen LogP contribution >= 0.6 is 0 Å². The van der Waals surface area contributed by atoms with Crippen LogP contribution in [-0.2, 0) is 28.6 Å². The maximum Gasteiger partial charge on any atom is 0.306 e. The smallest absolute Gasteiger partial charge is 0.306 e. The van der Waals surface area contributed by atoms with Crippen LogP contribution in [0.2, 0.25) is 0 Å². The van der Waals surface area contributed by atoms with Gasteiger partial charge in [-0.3, -0.25) is 14.4 Å². The normalized spacial score (nSPS) is 12.9. The molecule has 0 saturated heterocycles. The minimum atomic E-state index is -0.821. The highest BCUT2D eigenvalue weighted by Crippen LogP contribution is 2.17. The minimum absolute atomic E-state index is 0.107. The Bertz CT molecular complexity index is 1690. The minimum Gasteiger partial charge on any atom is -0.462 e. The van der Waals surface area contributed by atoms with Crippen LogP contribution in [0, 0.1) is 0 Å². The maximum atomic E-state index is 12.9. The molecule has 0 amide bonds. The standard InChI is InChI=1S/C76H128O6/c1-4-7-10-13-16-19-22-25-28-31-34-35-36-37-38-39-40-41-43-45-48-51-54-57-60-63-66-69-75(78)81-72-73(71-80-74(77)68-65-62-59-56-53-50-47-44-33-30-27-24-21-18-15-12-9-6-3)82-76(79)70-67-64-61-58-55-52-49-46-42-32-29-26-23-20-17-14-11-8-5-2/h7-8,10-11,16-17,19-20,25-26,28-29,34-35,42,46,52,55,61,64,73H,4-6,9,12-15,18,21-24,27,30-33,36-41,43-45,47-51,53-54,56-60,62-63,65-72H2,1-3H3/b10-7-,11-8-,19-16-,20-17-,28-25-,29-26-,35-34-,46-42-,55-52-,64-61-. The molecule has 0 N–H and O–H groups in total. The Morgan fingerprint density at radius 2 is 0.500 bits per heavy atom. The molecule has 0 fully saturated rings. The van der Waals surface area contributed by atoms with Crippen LogP contribution in [0.4, 0.5) is 0 Å². The van der Waals surface area contributed by atoms with E-state index in [9.17, 15) is 14.4 Å². The Hall–Kier alpha value is -4.19. The first-order valence-corrected chi connectivity index (χ1v) is 34.5. The maximum absolute atomic E-state index is 12.9. The van der Waals surface area contributed by atoms with Gasteiger partial charge in [0, 0.05) is 19.3 Å². The highest BCUT2D eigenvalue weighted by atomic mass is 16.6. The van der Waals surface area contributed by atoms with E-state index in [4.69, 9.17) is 14.2 Å². The summed E-state index contributed by atoms with van der Waals surface area (Å²) in [5.41, 5.74) is 0. The SMILES string of the molecule is CC/C=C\C/C=C\C/C=C\C/C=C\C/C=C\C/C=C\CCC(=O)OC(COC(=O)CCCCCCCCCCCCCCCC/C=C\C/C=C\C/C=C\C/C=C\CC)COC(=O)CCCCCCCCCCCCCCCCCCCC. The van der Waals surface area contributed by atoms with E-state index in [0.717, 1.165) is 103 Å². The van der Waals surface area contributed by atoms with E-state index in [1.807, 2.05) is 6.08 Å². The molecule has 1 unspecified atom stereocenters. The Morgan fingerprint density at radius 1 is 0.256 bits per heavy atom. The molecule has 0 bridgehead atoms. The molecule has 0 heterocycles. The summed E-state index contributed by atoms with van der Waals surface area (Å²) in [5.74, 6) is -0.979. The molecule has 0 aliphatic carbocycles. The quantitative estimate of drug-likeness (QED) is 0.0261. The van der Waals surface area contributed by atoms with Crippen LogP contribution < -0.4 is 0 Å². The van der Waals surface area contributed by atoms with E-state index in [1.165, 1.54) is 173 Å². The molecule has 0 rings (SSSR count). The van der Waals surface area contributed by atoms with Crippen molar-refractivity contribution in [2.75, 3.05) is 13.2 Å². The summed E-state index contributed by atoms with van der Waals surface area (Å²) in [6.45, 7) is 6.39. The van der Waals surface area contributed by atoms with Gasteiger partial charge in [0.1, 0.15) is 13.2 Å². The predicted octanol–water partition coefficient (Wildman–Crippen LogP) is 23.9. The van der Waals surface area contributed by atoms with Crippen molar-refractivity contribution in [1.29, 1.82) is 0 Å². The van der Waals surface area contributed by atoms with E-state index >= 15 is 0 Å². The third kappa shape index (κ3) is 66.6. The fraction of sp³-hybridized carbons (Fsp3) is 0.697. The molecule has 82 heavy (non-hydrogen) atoms. The van der Waals surface area contributed by atoms with Crippen LogP contribution in [0.25, 0.3) is 0 Å². The van der Waals surface area contributed by atoms with Gasteiger partial charge in [-0.25, -0.2) is 0 Å². The molecular formula is C76H128O6. The summed E-state index contributed by atoms with van der Waals surface area (Å²) < 4.78 is 16.9. The summed E-state index contributed by atoms with van der Waals surface area (Å²) in [7, 11) is 0. The zero-order valence-electron chi connectivity index (χ0n) is 53.7. The van der Waals surface area contributed by atoms with Crippen LogP contribution in [0.1, 0.15) is 323 Å². The number of rotatable bonds is 62. The Morgan fingerprint density at radius 3 is 0.793 bits per heavy atom. The van der Waals surface area contributed by atoms with E-state index in [0.29, 0.717) is 19.3 Å². The second-order valence-electron chi connectivity index (χ2n) is 22.7. The zero-order valence-corrected chi connectivity index (χ0v) is 53.7. The molecular weight excluding hydrogens is 1010 g/mol. The first kappa shape index (κ1) is 77.8. The van der Waals surface area contributed by atoms with Gasteiger partial charge >= 0.3 is 17.9 Å². The van der Waals surface area contributed by atoms with Gasteiger partial charge in [-0.15, -0.1) is 0 Å². The predicted molar refractivity (Wildman–Crippen MR) is 357 cm³/mol. The number of esters is 3. The van der Waals surface area contributed by atoms with Gasteiger partial charge in [0.15, 0.2) is 6.10 Å². The Kier molecular flexibility index (Phi) is 65.8. The van der Waals surface area contributed by atoms with Crippen LogP contribution in [0.15, 0.2) is 122 Å². The average Bonchev–Trinajstić information content (AvgIpc) is 3.47. The van der Waals surface area contributed by atoms with Crippen molar-refractivity contribution in [3.8, 4) is 0 Å². The highest BCUT2D eigenvalue weighted by molar-refractivity contribution is 5.71. The van der Waals surface area contributed by atoms with Gasteiger partial charge in [0.05, 0.1) is 0 Å². The Balaban J connectivity index is 4.40. The summed E-state index contributed by atoms with van der Waals surface area (Å²) in [4.78, 5) is 38.4. The summed E-state index contributed by atoms with van der Waals surface area (Å²) in [6, 6.07) is 0. The van der Waals surface area contributed by atoms with Gasteiger partial charge in [-0.1, -0.05) is 328 Å². The number of carbonyl (C=O) groups is 3. The van der Waals surface area contributed by atoms with Crippen molar-refractivity contribution in [1.82, 2.24) is 0 Å². The van der Waals surface area contributed by atoms with Crippen LogP contribution in [0.5, 0.6) is 0 Å². The molecule has 0 aliphatic heterocycles. The lowest BCUT2D eigenvalue weighted by Crippen LogP contribution is -2.30. The number of unbranched alkanes of at least 4 members (excludes halogenated alkanes) is 31. The van der Waals surface area contributed by atoms with E-state index in [-0.39, 0.29) is 37.5 Å². The molecule has 0 radical (unpaired) electrons. The molecule has 0 aromatic rings. The Labute approximate surface area is 507 Å². The largest absolute Gasteiger partial charge is 0.462 e. The number of hydrogen-bond donors (Lipinski definition) is 0. The van der Waals surface area contributed by atoms with Crippen molar-refractivity contribution in [3.63, 3.8) is 0 Å². The molecule has 0 aromatic heterocycles. The summed E-state index contributed by atoms with van der Waals surface area (Å²) in [5, 5.41) is 0. The van der Waals surface area contributed by atoms with Gasteiger partial charge < -0.3 is 14.2 Å². The van der Waals surface area contributed by atoms with Crippen LogP contribution in [-0.4, -0.2) is 37.2 Å². The second-order valence-corrected chi connectivity index (χ2v) is 22.7. The van der Waals surface area contributed by atoms with E-state index in [2.05, 4.69) is 136 Å². The van der Waals surface area contributed by atoms with Gasteiger partial charge in [0.2, 0.25) is 0 Å². The first-order valence-electron chi connectivity index (χ1n) is 34.5.